The molecule has 3 rings (SSSR count). The van der Waals surface area contributed by atoms with Crippen LogP contribution in [0.15, 0.2) is 45.5 Å². The molecule has 25 heavy (non-hydrogen) atoms. The van der Waals surface area contributed by atoms with E-state index in [0.29, 0.717) is 24.4 Å². The summed E-state index contributed by atoms with van der Waals surface area (Å²) in [6.07, 6.45) is 3.69. The molecule has 0 atom stereocenters. The third-order valence-corrected chi connectivity index (χ3v) is 6.29. The minimum atomic E-state index is -3.70. The molecule has 134 valence electrons. The smallest absolute Gasteiger partial charge is 0.267 e. The first-order valence-electron chi connectivity index (χ1n) is 7.95. The average molecular weight is 363 g/mol. The Morgan fingerprint density at radius 1 is 1.36 bits per heavy atom. The molecule has 1 N–H and O–H groups in total. The Morgan fingerprint density at radius 2 is 2.12 bits per heavy atom. The molecule has 2 aromatic rings. The van der Waals surface area contributed by atoms with E-state index in [2.05, 4.69) is 5.32 Å². The van der Waals surface area contributed by atoms with Crippen molar-refractivity contribution in [1.82, 2.24) is 14.2 Å². The maximum atomic E-state index is 13.0. The zero-order valence-electron chi connectivity index (χ0n) is 14.4. The normalized spacial score (nSPS) is 16.3. The van der Waals surface area contributed by atoms with Gasteiger partial charge >= 0.3 is 0 Å². The van der Waals surface area contributed by atoms with Crippen molar-refractivity contribution >= 4 is 21.5 Å². The molecule has 0 bridgehead atoms. The monoisotopic (exact) mass is 363 g/mol. The number of nitrogens with zero attached hydrogens (tertiary/aromatic N) is 2. The fourth-order valence-electron chi connectivity index (χ4n) is 2.96. The van der Waals surface area contributed by atoms with Crippen molar-refractivity contribution in [3.05, 3.63) is 47.7 Å². The molecule has 3 heterocycles. The van der Waals surface area contributed by atoms with E-state index >= 15 is 0 Å². The van der Waals surface area contributed by atoms with Crippen LogP contribution in [-0.4, -0.2) is 43.3 Å². The quantitative estimate of drug-likeness (QED) is 0.898. The fourth-order valence-corrected chi connectivity index (χ4v) is 4.44. The van der Waals surface area contributed by atoms with Gasteiger partial charge in [0.15, 0.2) is 0 Å². The van der Waals surface area contributed by atoms with Gasteiger partial charge in [-0.25, -0.2) is 8.42 Å². The molecule has 1 aliphatic rings. The number of carbonyl (C=O) groups excluding carboxylic acids is 1. The van der Waals surface area contributed by atoms with Crippen molar-refractivity contribution in [3.63, 3.8) is 0 Å². The van der Waals surface area contributed by atoms with E-state index in [1.54, 1.807) is 19.4 Å². The highest BCUT2D eigenvalue weighted by molar-refractivity contribution is 7.89. The fraction of sp³-hybridized carbons (Fsp3) is 0.353. The van der Waals surface area contributed by atoms with E-state index in [4.69, 9.17) is 4.42 Å². The van der Waals surface area contributed by atoms with Crippen LogP contribution in [0.3, 0.4) is 0 Å². The number of carbonyl (C=O) groups is 1. The van der Waals surface area contributed by atoms with Gasteiger partial charge in [0.1, 0.15) is 16.3 Å². The predicted octanol–water partition coefficient (Wildman–Crippen LogP) is 1.85. The molecule has 0 fully saturated rings. The van der Waals surface area contributed by atoms with E-state index in [9.17, 15) is 13.2 Å². The molecule has 1 amide bonds. The van der Waals surface area contributed by atoms with Crippen molar-refractivity contribution < 1.29 is 17.6 Å². The molecule has 0 saturated heterocycles. The maximum Gasteiger partial charge on any atom is 0.267 e. The summed E-state index contributed by atoms with van der Waals surface area (Å²) in [5, 5.41) is 2.51. The Balaban J connectivity index is 1.92. The van der Waals surface area contributed by atoms with Crippen molar-refractivity contribution in [2.24, 2.45) is 7.05 Å². The number of hydrogen-bond donors (Lipinski definition) is 1. The summed E-state index contributed by atoms with van der Waals surface area (Å²) < 4.78 is 34.4. The summed E-state index contributed by atoms with van der Waals surface area (Å²) in [7, 11) is -0.534. The van der Waals surface area contributed by atoms with Gasteiger partial charge in [-0.05, 0) is 31.5 Å². The zero-order chi connectivity index (χ0) is 18.2. The maximum absolute atomic E-state index is 13.0. The predicted molar refractivity (Wildman–Crippen MR) is 93.5 cm³/mol. The number of rotatable bonds is 4. The van der Waals surface area contributed by atoms with Gasteiger partial charge in [-0.3, -0.25) is 4.79 Å². The molecule has 0 spiro atoms. The average Bonchev–Trinajstić information content (AvgIpc) is 3.24. The van der Waals surface area contributed by atoms with Crippen LogP contribution < -0.4 is 5.32 Å². The lowest BCUT2D eigenvalue weighted by molar-refractivity contribution is 0.0955. The number of nitrogens with one attached hydrogen (secondary N) is 1. The Bertz CT molecular complexity index is 923. The number of amides is 1. The van der Waals surface area contributed by atoms with Gasteiger partial charge in [0.2, 0.25) is 10.0 Å². The van der Waals surface area contributed by atoms with Crippen molar-refractivity contribution in [2.75, 3.05) is 20.1 Å². The second-order valence-corrected chi connectivity index (χ2v) is 8.01. The van der Waals surface area contributed by atoms with Crippen LogP contribution in [0.1, 0.15) is 29.6 Å². The van der Waals surface area contributed by atoms with Crippen LogP contribution in [-0.2, 0) is 17.1 Å². The van der Waals surface area contributed by atoms with E-state index in [0.717, 1.165) is 11.1 Å². The van der Waals surface area contributed by atoms with Crippen molar-refractivity contribution in [1.29, 1.82) is 0 Å². The molecule has 0 aromatic carbocycles. The van der Waals surface area contributed by atoms with Crippen molar-refractivity contribution in [3.8, 4) is 0 Å². The molecule has 1 aliphatic heterocycles. The lowest BCUT2D eigenvalue weighted by Gasteiger charge is -2.28. The van der Waals surface area contributed by atoms with E-state index in [1.165, 1.54) is 28.2 Å². The number of sulfonamides is 1. The highest BCUT2D eigenvalue weighted by Crippen LogP contribution is 2.30. The highest BCUT2D eigenvalue weighted by Gasteiger charge is 2.31. The number of furan rings is 1. The molecule has 0 saturated carbocycles. The summed E-state index contributed by atoms with van der Waals surface area (Å²) in [6, 6.07) is 5.03. The van der Waals surface area contributed by atoms with Crippen LogP contribution in [0.25, 0.3) is 5.57 Å². The van der Waals surface area contributed by atoms with E-state index in [1.807, 2.05) is 13.0 Å². The summed E-state index contributed by atoms with van der Waals surface area (Å²) in [4.78, 5) is 12.0. The molecule has 7 nitrogen and oxygen atoms in total. The van der Waals surface area contributed by atoms with Crippen LogP contribution in [0, 0.1) is 0 Å². The standard InChI is InChI=1S/C17H21N3O4S/c1-12-6-7-20(11-14(12)16-5-4-8-24-16)25(22,23)13-9-15(17(21)18-2)19(3)10-13/h4-5,8-10H,6-7,11H2,1-3H3,(H,18,21). The second kappa shape index (κ2) is 6.53. The van der Waals surface area contributed by atoms with E-state index < -0.39 is 10.0 Å². The molecule has 0 unspecified atom stereocenters. The molecule has 8 heteroatoms. The highest BCUT2D eigenvalue weighted by atomic mass is 32.2. The molecular weight excluding hydrogens is 342 g/mol. The van der Waals surface area contributed by atoms with Gasteiger partial charge < -0.3 is 14.3 Å². The van der Waals surface area contributed by atoms with Crippen molar-refractivity contribution in [2.45, 2.75) is 18.2 Å². The van der Waals surface area contributed by atoms with Gasteiger partial charge in [0.25, 0.3) is 5.91 Å². The minimum Gasteiger partial charge on any atom is -0.465 e. The number of aromatic nitrogens is 1. The topological polar surface area (TPSA) is 84.6 Å². The summed E-state index contributed by atoms with van der Waals surface area (Å²) in [5.41, 5.74) is 2.32. The number of hydrogen-bond acceptors (Lipinski definition) is 4. The van der Waals surface area contributed by atoms with Crippen LogP contribution in [0.5, 0.6) is 0 Å². The summed E-state index contributed by atoms with van der Waals surface area (Å²) >= 11 is 0. The second-order valence-electron chi connectivity index (χ2n) is 6.08. The first-order valence-corrected chi connectivity index (χ1v) is 9.39. The van der Waals surface area contributed by atoms with Gasteiger partial charge in [-0.15, -0.1) is 0 Å². The zero-order valence-corrected chi connectivity index (χ0v) is 15.3. The van der Waals surface area contributed by atoms with Crippen LogP contribution >= 0.6 is 0 Å². The first kappa shape index (κ1) is 17.5. The Morgan fingerprint density at radius 3 is 2.76 bits per heavy atom. The van der Waals surface area contributed by atoms with Gasteiger partial charge in [-0.2, -0.15) is 4.31 Å². The summed E-state index contributed by atoms with van der Waals surface area (Å²) in [5.74, 6) is 0.367. The van der Waals surface area contributed by atoms with Gasteiger partial charge in [-0.1, -0.05) is 5.57 Å². The lowest BCUT2D eigenvalue weighted by atomic mass is 10.0. The third-order valence-electron chi connectivity index (χ3n) is 4.48. The van der Waals surface area contributed by atoms with Gasteiger partial charge in [0, 0.05) is 39.0 Å². The molecule has 2 aromatic heterocycles. The van der Waals surface area contributed by atoms with Crippen LogP contribution in [0.4, 0.5) is 0 Å². The lowest BCUT2D eigenvalue weighted by Crippen LogP contribution is -2.36. The molecular formula is C17H21N3O4S. The first-order chi connectivity index (χ1) is 11.8. The Kier molecular flexibility index (Phi) is 4.57. The number of aryl methyl sites for hydroxylation is 1. The van der Waals surface area contributed by atoms with Gasteiger partial charge in [0.05, 0.1) is 6.26 Å². The molecule has 0 aliphatic carbocycles. The van der Waals surface area contributed by atoms with E-state index in [-0.39, 0.29) is 17.3 Å². The molecule has 0 radical (unpaired) electrons. The SMILES string of the molecule is CNC(=O)c1cc(S(=O)(=O)N2CCC(C)=C(c3ccco3)C2)cn1C. The Labute approximate surface area is 147 Å². The van der Waals surface area contributed by atoms with Crippen LogP contribution in [0.2, 0.25) is 0 Å². The third kappa shape index (κ3) is 3.14. The minimum absolute atomic E-state index is 0.118. The summed E-state index contributed by atoms with van der Waals surface area (Å²) in [6.45, 7) is 2.66. The largest absolute Gasteiger partial charge is 0.465 e. The Hall–Kier alpha value is -2.32.